The smallest absolute Gasteiger partial charge is 0.412 e. The predicted octanol–water partition coefficient (Wildman–Crippen LogP) is 2.22. The summed E-state index contributed by atoms with van der Waals surface area (Å²) in [6, 6.07) is 2.08. The number of hydrogen-bond donors (Lipinski definition) is 2. The van der Waals surface area contributed by atoms with Crippen LogP contribution in [0.4, 0.5) is 14.9 Å². The van der Waals surface area contributed by atoms with E-state index in [4.69, 9.17) is 22.1 Å². The Hall–Kier alpha value is -2.78. The maximum absolute atomic E-state index is 14.9. The standard InChI is InChI=1S/C19H19ClFN5O3/c20-12-2-3-14-15(16(12)21)19(29-18(28)25-14)4-1-5-26(9-19)17(27)13(22)6-11-7-23-10-24-8-11/h2-3,7-8,10,13H,1,4-6,9,22H2,(H,25,28)/t13?,19-/m0/s1. The second-order valence-electron chi connectivity index (χ2n) is 7.21. The minimum absolute atomic E-state index is 0.00249. The molecule has 1 aromatic carbocycles. The van der Waals surface area contributed by atoms with Crippen LogP contribution in [0, 0.1) is 5.82 Å². The van der Waals surface area contributed by atoms with Gasteiger partial charge in [0.05, 0.1) is 28.9 Å². The first kappa shape index (κ1) is 19.5. The zero-order chi connectivity index (χ0) is 20.6. The van der Waals surface area contributed by atoms with Crippen molar-refractivity contribution in [2.24, 2.45) is 5.73 Å². The normalized spacial score (nSPS) is 21.9. The first-order chi connectivity index (χ1) is 13.9. The zero-order valence-corrected chi connectivity index (χ0v) is 16.2. The highest BCUT2D eigenvalue weighted by molar-refractivity contribution is 6.31. The molecule has 1 spiro atoms. The molecule has 0 aliphatic carbocycles. The maximum atomic E-state index is 14.9. The van der Waals surface area contributed by atoms with Crippen LogP contribution in [-0.4, -0.2) is 46.0 Å². The second-order valence-corrected chi connectivity index (χ2v) is 7.62. The number of anilines is 1. The number of fused-ring (bicyclic) bond motifs is 2. The summed E-state index contributed by atoms with van der Waals surface area (Å²) in [4.78, 5) is 34.4. The van der Waals surface area contributed by atoms with Gasteiger partial charge in [0.2, 0.25) is 5.91 Å². The third-order valence-electron chi connectivity index (χ3n) is 5.23. The van der Waals surface area contributed by atoms with Crippen LogP contribution in [0.5, 0.6) is 0 Å². The molecule has 1 fully saturated rings. The second kappa shape index (κ2) is 7.57. The third kappa shape index (κ3) is 3.63. The molecule has 0 bridgehead atoms. The molecule has 3 heterocycles. The van der Waals surface area contributed by atoms with Gasteiger partial charge in [-0.15, -0.1) is 0 Å². The van der Waals surface area contributed by atoms with E-state index in [9.17, 15) is 14.0 Å². The van der Waals surface area contributed by atoms with Gasteiger partial charge in [0.15, 0.2) is 11.4 Å². The lowest BCUT2D eigenvalue weighted by atomic mass is 9.83. The van der Waals surface area contributed by atoms with E-state index < -0.39 is 23.6 Å². The summed E-state index contributed by atoms with van der Waals surface area (Å²) in [6.07, 6.45) is 5.05. The molecule has 1 saturated heterocycles. The number of amides is 2. The molecule has 1 aromatic heterocycles. The maximum Gasteiger partial charge on any atom is 0.412 e. The Morgan fingerprint density at radius 2 is 2.17 bits per heavy atom. The molecule has 10 heteroatoms. The molecule has 29 heavy (non-hydrogen) atoms. The number of piperidine rings is 1. The summed E-state index contributed by atoms with van der Waals surface area (Å²) < 4.78 is 20.5. The van der Waals surface area contributed by atoms with E-state index in [1.165, 1.54) is 23.4 Å². The van der Waals surface area contributed by atoms with Crippen LogP contribution in [0.25, 0.3) is 0 Å². The number of halogens is 2. The fourth-order valence-corrected chi connectivity index (χ4v) is 4.13. The van der Waals surface area contributed by atoms with Crippen molar-refractivity contribution in [2.45, 2.75) is 30.9 Å². The summed E-state index contributed by atoms with van der Waals surface area (Å²) >= 11 is 5.97. The predicted molar refractivity (Wildman–Crippen MR) is 103 cm³/mol. The summed E-state index contributed by atoms with van der Waals surface area (Å²) in [5.41, 5.74) is 5.99. The Morgan fingerprint density at radius 3 is 2.93 bits per heavy atom. The van der Waals surface area contributed by atoms with Crippen LogP contribution in [0.3, 0.4) is 0 Å². The molecule has 8 nitrogen and oxygen atoms in total. The molecule has 2 atom stereocenters. The number of carbonyl (C=O) groups is 2. The monoisotopic (exact) mass is 419 g/mol. The van der Waals surface area contributed by atoms with Gasteiger partial charge in [-0.25, -0.2) is 19.2 Å². The highest BCUT2D eigenvalue weighted by Crippen LogP contribution is 2.45. The summed E-state index contributed by atoms with van der Waals surface area (Å²) in [5.74, 6) is -0.976. The number of likely N-dealkylation sites (tertiary alicyclic amines) is 1. The van der Waals surface area contributed by atoms with Crippen molar-refractivity contribution < 1.29 is 18.7 Å². The fraction of sp³-hybridized carbons (Fsp3) is 0.368. The van der Waals surface area contributed by atoms with Crippen molar-refractivity contribution in [3.8, 4) is 0 Å². The van der Waals surface area contributed by atoms with Crippen LogP contribution >= 0.6 is 11.6 Å². The fourth-order valence-electron chi connectivity index (χ4n) is 3.97. The summed E-state index contributed by atoms with van der Waals surface area (Å²) in [7, 11) is 0. The van der Waals surface area contributed by atoms with E-state index in [0.29, 0.717) is 25.1 Å². The topological polar surface area (TPSA) is 110 Å². The molecule has 2 amide bonds. The highest BCUT2D eigenvalue weighted by atomic mass is 35.5. The van der Waals surface area contributed by atoms with Crippen molar-refractivity contribution in [1.29, 1.82) is 0 Å². The Balaban J connectivity index is 1.61. The van der Waals surface area contributed by atoms with Crippen molar-refractivity contribution >= 4 is 29.3 Å². The van der Waals surface area contributed by atoms with Crippen molar-refractivity contribution in [3.63, 3.8) is 0 Å². The Morgan fingerprint density at radius 1 is 1.41 bits per heavy atom. The van der Waals surface area contributed by atoms with Crippen molar-refractivity contribution in [2.75, 3.05) is 18.4 Å². The Labute approximate surface area is 171 Å². The minimum atomic E-state index is -1.31. The Bertz CT molecular complexity index is 960. The summed E-state index contributed by atoms with van der Waals surface area (Å²) in [5, 5.41) is 2.42. The molecule has 3 N–H and O–H groups in total. The third-order valence-corrected chi connectivity index (χ3v) is 5.52. The van der Waals surface area contributed by atoms with Crippen LogP contribution in [-0.2, 0) is 21.6 Å². The van der Waals surface area contributed by atoms with Gasteiger partial charge in [0.1, 0.15) is 6.33 Å². The van der Waals surface area contributed by atoms with Crippen molar-refractivity contribution in [1.82, 2.24) is 14.9 Å². The van der Waals surface area contributed by atoms with Gasteiger partial charge in [-0.2, -0.15) is 0 Å². The molecular weight excluding hydrogens is 401 g/mol. The quantitative estimate of drug-likeness (QED) is 0.789. The molecule has 2 aromatic rings. The number of benzene rings is 1. The Kier molecular flexibility index (Phi) is 5.10. The van der Waals surface area contributed by atoms with E-state index >= 15 is 0 Å². The van der Waals surface area contributed by atoms with Gasteiger partial charge in [0.25, 0.3) is 0 Å². The first-order valence-electron chi connectivity index (χ1n) is 9.16. The van der Waals surface area contributed by atoms with Crippen LogP contribution < -0.4 is 11.1 Å². The van der Waals surface area contributed by atoms with Gasteiger partial charge in [-0.3, -0.25) is 10.1 Å². The van der Waals surface area contributed by atoms with Crippen LogP contribution in [0.2, 0.25) is 5.02 Å². The number of aromatic nitrogens is 2. The van der Waals surface area contributed by atoms with E-state index in [1.54, 1.807) is 12.4 Å². The van der Waals surface area contributed by atoms with Crippen molar-refractivity contribution in [3.05, 3.63) is 52.8 Å². The molecular formula is C19H19ClFN5O3. The largest absolute Gasteiger partial charge is 0.436 e. The first-order valence-corrected chi connectivity index (χ1v) is 9.54. The lowest BCUT2D eigenvalue weighted by Crippen LogP contribution is -2.56. The van der Waals surface area contributed by atoms with E-state index in [2.05, 4.69) is 15.3 Å². The molecule has 0 radical (unpaired) electrons. The molecule has 1 unspecified atom stereocenters. The molecule has 0 saturated carbocycles. The van der Waals surface area contributed by atoms with E-state index in [1.807, 2.05) is 0 Å². The molecule has 2 aliphatic rings. The number of carbonyl (C=O) groups excluding carboxylic acids is 2. The summed E-state index contributed by atoms with van der Waals surface area (Å²) in [6.45, 7) is 0.435. The van der Waals surface area contributed by atoms with Gasteiger partial charge >= 0.3 is 6.09 Å². The number of nitrogens with two attached hydrogens (primary N) is 1. The number of ether oxygens (including phenoxy) is 1. The van der Waals surface area contributed by atoms with E-state index in [0.717, 1.165) is 5.56 Å². The SMILES string of the molecule is NC(Cc1cncnc1)C(=O)N1CCC[C@@]2(C1)OC(=O)Nc1ccc(Cl)c(F)c12. The average Bonchev–Trinajstić information content (AvgIpc) is 2.70. The lowest BCUT2D eigenvalue weighted by molar-refractivity contribution is -0.140. The lowest BCUT2D eigenvalue weighted by Gasteiger charge is -2.45. The van der Waals surface area contributed by atoms with E-state index in [-0.39, 0.29) is 29.5 Å². The number of rotatable bonds is 3. The number of nitrogens with one attached hydrogen (secondary N) is 1. The minimum Gasteiger partial charge on any atom is -0.436 e. The zero-order valence-electron chi connectivity index (χ0n) is 15.4. The molecule has 152 valence electrons. The average molecular weight is 420 g/mol. The van der Waals surface area contributed by atoms with Gasteiger partial charge in [0, 0.05) is 18.9 Å². The van der Waals surface area contributed by atoms with Gasteiger partial charge < -0.3 is 15.4 Å². The highest BCUT2D eigenvalue weighted by Gasteiger charge is 2.48. The van der Waals surface area contributed by atoms with Gasteiger partial charge in [-0.1, -0.05) is 11.6 Å². The molecule has 2 aliphatic heterocycles. The van der Waals surface area contributed by atoms with Crippen LogP contribution in [0.15, 0.2) is 30.9 Å². The van der Waals surface area contributed by atoms with Crippen LogP contribution in [0.1, 0.15) is 24.0 Å². The van der Waals surface area contributed by atoms with Gasteiger partial charge in [-0.05, 0) is 37.0 Å². The number of hydrogen-bond acceptors (Lipinski definition) is 6. The number of nitrogens with zero attached hydrogens (tertiary/aromatic N) is 3. The molecule has 4 rings (SSSR count).